The maximum atomic E-state index is 11.8. The van der Waals surface area contributed by atoms with Gasteiger partial charge in [-0.2, -0.15) is 0 Å². The molecule has 0 heterocycles. The van der Waals surface area contributed by atoms with Crippen molar-refractivity contribution in [2.45, 2.75) is 34.1 Å². The first-order chi connectivity index (χ1) is 6.22. The Morgan fingerprint density at radius 3 is 2.14 bits per heavy atom. The summed E-state index contributed by atoms with van der Waals surface area (Å²) < 4.78 is 0. The van der Waals surface area contributed by atoms with Crippen LogP contribution in [-0.2, 0) is 9.59 Å². The molecule has 78 valence electrons. The number of carbonyl (C=O) groups excluding carboxylic acids is 2. The van der Waals surface area contributed by atoms with E-state index in [1.54, 1.807) is 13.8 Å². The van der Waals surface area contributed by atoms with Crippen LogP contribution in [0.15, 0.2) is 5.18 Å². The number of hydrogen-bond donors (Lipinski definition) is 0. The van der Waals surface area contributed by atoms with E-state index in [1.165, 1.54) is 0 Å². The van der Waals surface area contributed by atoms with E-state index in [4.69, 9.17) is 0 Å². The summed E-state index contributed by atoms with van der Waals surface area (Å²) in [4.78, 5) is 33.2. The molecular weight excluding hydrogens is 182 g/mol. The Labute approximate surface area is 83.0 Å². The highest BCUT2D eigenvalue weighted by atomic mass is 16.3. The highest BCUT2D eigenvalue weighted by Crippen LogP contribution is 2.50. The summed E-state index contributed by atoms with van der Waals surface area (Å²) in [5.41, 5.74) is -0.972. The maximum Gasteiger partial charge on any atom is 0.297 e. The lowest BCUT2D eigenvalue weighted by atomic mass is 9.80. The Morgan fingerprint density at radius 1 is 1.36 bits per heavy atom. The summed E-state index contributed by atoms with van der Waals surface area (Å²) in [6.07, 6.45) is 0.616. The fraction of sp³-hybridized carbons (Fsp3) is 0.800. The Bertz CT molecular complexity index is 304. The van der Waals surface area contributed by atoms with E-state index in [0.29, 0.717) is 6.42 Å². The Hall–Kier alpha value is -1.06. The van der Waals surface area contributed by atoms with Crippen LogP contribution in [0.3, 0.4) is 0 Å². The van der Waals surface area contributed by atoms with Crippen LogP contribution in [0, 0.1) is 21.7 Å². The molecule has 1 fully saturated rings. The van der Waals surface area contributed by atoms with Crippen LogP contribution in [0.25, 0.3) is 0 Å². The number of rotatable bonds is 1. The van der Waals surface area contributed by atoms with E-state index in [2.05, 4.69) is 5.18 Å². The maximum absolute atomic E-state index is 11.8. The minimum Gasteiger partial charge on any atom is -0.298 e. The van der Waals surface area contributed by atoms with Crippen LogP contribution in [0.1, 0.15) is 34.1 Å². The Balaban J connectivity index is 3.12. The second-order valence-corrected chi connectivity index (χ2v) is 5.28. The first-order valence-electron chi connectivity index (χ1n) is 4.64. The third kappa shape index (κ3) is 1.49. The SMILES string of the molecule is CC1(C)CC(C)(C)C(C(=O)N=O)C1=O. The quantitative estimate of drug-likeness (QED) is 0.476. The molecule has 14 heavy (non-hydrogen) atoms. The Morgan fingerprint density at radius 2 is 1.86 bits per heavy atom. The summed E-state index contributed by atoms with van der Waals surface area (Å²) in [5, 5.41) is 2.37. The van der Waals surface area contributed by atoms with Gasteiger partial charge in [-0.3, -0.25) is 9.59 Å². The Kier molecular flexibility index (Phi) is 2.34. The number of carbonyl (C=O) groups is 2. The average Bonchev–Trinajstić information content (AvgIpc) is 2.16. The van der Waals surface area contributed by atoms with E-state index < -0.39 is 22.7 Å². The van der Waals surface area contributed by atoms with Gasteiger partial charge in [-0.05, 0) is 11.8 Å². The van der Waals surface area contributed by atoms with Crippen LogP contribution < -0.4 is 0 Å². The lowest BCUT2D eigenvalue weighted by Crippen LogP contribution is -2.30. The standard InChI is InChI=1S/C10H15NO3/c1-9(2)5-10(3,4)7(12)6(9)8(13)11-14/h6H,5H2,1-4H3. The van der Waals surface area contributed by atoms with E-state index in [1.807, 2.05) is 13.8 Å². The lowest BCUT2D eigenvalue weighted by Gasteiger charge is -2.22. The fourth-order valence-corrected chi connectivity index (χ4v) is 2.57. The van der Waals surface area contributed by atoms with Gasteiger partial charge in [0.25, 0.3) is 5.91 Å². The third-order valence-electron chi connectivity index (χ3n) is 2.95. The summed E-state index contributed by atoms with van der Waals surface area (Å²) >= 11 is 0. The van der Waals surface area contributed by atoms with E-state index in [9.17, 15) is 14.5 Å². The molecule has 1 rings (SSSR count). The summed E-state index contributed by atoms with van der Waals surface area (Å²) in [5.74, 6) is -1.84. The van der Waals surface area contributed by atoms with Gasteiger partial charge in [-0.25, -0.2) is 0 Å². The normalized spacial score (nSPS) is 28.9. The van der Waals surface area contributed by atoms with Gasteiger partial charge in [0.1, 0.15) is 5.92 Å². The molecule has 0 aromatic heterocycles. The van der Waals surface area contributed by atoms with Crippen LogP contribution in [0.5, 0.6) is 0 Å². The predicted octanol–water partition coefficient (Wildman–Crippen LogP) is 1.92. The fourth-order valence-electron chi connectivity index (χ4n) is 2.57. The van der Waals surface area contributed by atoms with E-state index >= 15 is 0 Å². The molecule has 0 radical (unpaired) electrons. The van der Waals surface area contributed by atoms with Crippen molar-refractivity contribution in [1.82, 2.24) is 0 Å². The van der Waals surface area contributed by atoms with Crippen molar-refractivity contribution in [2.24, 2.45) is 21.9 Å². The van der Waals surface area contributed by atoms with Crippen molar-refractivity contribution in [3.63, 3.8) is 0 Å². The molecule has 1 amide bonds. The van der Waals surface area contributed by atoms with Gasteiger partial charge >= 0.3 is 0 Å². The van der Waals surface area contributed by atoms with Crippen LogP contribution >= 0.6 is 0 Å². The molecule has 0 saturated heterocycles. The summed E-state index contributed by atoms with van der Waals surface area (Å²) in [7, 11) is 0. The minimum absolute atomic E-state index is 0.160. The molecule has 0 aliphatic heterocycles. The van der Waals surface area contributed by atoms with Gasteiger partial charge in [0.05, 0.1) is 0 Å². The molecule has 1 aliphatic carbocycles. The first kappa shape index (κ1) is 11.0. The summed E-state index contributed by atoms with van der Waals surface area (Å²) in [6.45, 7) is 7.26. The van der Waals surface area contributed by atoms with E-state index in [0.717, 1.165) is 0 Å². The monoisotopic (exact) mass is 197 g/mol. The molecule has 0 aromatic carbocycles. The average molecular weight is 197 g/mol. The van der Waals surface area contributed by atoms with Crippen molar-refractivity contribution in [3.8, 4) is 0 Å². The second-order valence-electron chi connectivity index (χ2n) is 5.28. The molecule has 0 N–H and O–H groups in total. The van der Waals surface area contributed by atoms with Gasteiger partial charge < -0.3 is 0 Å². The molecule has 4 heteroatoms. The zero-order chi connectivity index (χ0) is 11.1. The van der Waals surface area contributed by atoms with Crippen molar-refractivity contribution < 1.29 is 9.59 Å². The van der Waals surface area contributed by atoms with Crippen molar-refractivity contribution in [2.75, 3.05) is 0 Å². The smallest absolute Gasteiger partial charge is 0.297 e. The van der Waals surface area contributed by atoms with Gasteiger partial charge in [-0.15, -0.1) is 4.91 Å². The van der Waals surface area contributed by atoms with Gasteiger partial charge in [0, 0.05) is 10.6 Å². The largest absolute Gasteiger partial charge is 0.298 e. The minimum atomic E-state index is -0.852. The van der Waals surface area contributed by atoms with E-state index in [-0.39, 0.29) is 5.78 Å². The molecule has 0 spiro atoms. The highest BCUT2D eigenvalue weighted by molar-refractivity contribution is 6.06. The molecule has 1 aliphatic rings. The van der Waals surface area contributed by atoms with Crippen molar-refractivity contribution >= 4 is 11.7 Å². The van der Waals surface area contributed by atoms with Crippen LogP contribution in [0.2, 0.25) is 0 Å². The zero-order valence-electron chi connectivity index (χ0n) is 8.96. The number of hydrogen-bond acceptors (Lipinski definition) is 3. The number of nitrogens with zero attached hydrogens (tertiary/aromatic N) is 1. The second kappa shape index (κ2) is 2.97. The zero-order valence-corrected chi connectivity index (χ0v) is 8.96. The highest BCUT2D eigenvalue weighted by Gasteiger charge is 2.55. The van der Waals surface area contributed by atoms with Crippen molar-refractivity contribution in [1.29, 1.82) is 0 Å². The van der Waals surface area contributed by atoms with Crippen molar-refractivity contribution in [3.05, 3.63) is 4.91 Å². The lowest BCUT2D eigenvalue weighted by molar-refractivity contribution is -0.135. The van der Waals surface area contributed by atoms with Gasteiger partial charge in [0.15, 0.2) is 5.78 Å². The number of nitroso groups, excluding NO2 is 1. The molecule has 1 atom stereocenters. The van der Waals surface area contributed by atoms with Crippen LogP contribution in [0.4, 0.5) is 0 Å². The number of amides is 1. The molecule has 0 aromatic rings. The molecule has 0 bridgehead atoms. The molecule has 4 nitrogen and oxygen atoms in total. The molecular formula is C10H15NO3. The number of Topliss-reactive ketones (excluding diaryl/α,β-unsaturated/α-hetero) is 1. The van der Waals surface area contributed by atoms with Gasteiger partial charge in [-0.1, -0.05) is 27.7 Å². The van der Waals surface area contributed by atoms with Crippen LogP contribution in [-0.4, -0.2) is 11.7 Å². The molecule has 1 saturated carbocycles. The topological polar surface area (TPSA) is 63.6 Å². The predicted molar refractivity (Wildman–Crippen MR) is 51.5 cm³/mol. The summed E-state index contributed by atoms with van der Waals surface area (Å²) in [6, 6.07) is 0. The van der Waals surface area contributed by atoms with Gasteiger partial charge in [0.2, 0.25) is 0 Å². The third-order valence-corrected chi connectivity index (χ3v) is 2.95. The number of ketones is 1. The molecule has 1 unspecified atom stereocenters. The first-order valence-corrected chi connectivity index (χ1v) is 4.64.